The molecule has 6 nitrogen and oxygen atoms in total. The maximum Gasteiger partial charge on any atom is 0.191 e. The summed E-state index contributed by atoms with van der Waals surface area (Å²) in [6.07, 6.45) is 1.66. The zero-order chi connectivity index (χ0) is 17.5. The quantitative estimate of drug-likeness (QED) is 0.336. The van der Waals surface area contributed by atoms with Gasteiger partial charge in [0.1, 0.15) is 5.82 Å². The normalized spacial score (nSPS) is 11.6. The molecule has 4 aromatic heterocycles. The lowest BCUT2D eigenvalue weighted by molar-refractivity contribution is 0.581. The van der Waals surface area contributed by atoms with Gasteiger partial charge in [0.15, 0.2) is 21.6 Å². The van der Waals surface area contributed by atoms with Crippen LogP contribution in [0, 0.1) is 6.92 Å². The minimum absolute atomic E-state index is 0.705. The van der Waals surface area contributed by atoms with E-state index in [1.54, 1.807) is 29.4 Å². The zero-order valence-electron chi connectivity index (χ0n) is 13.8. The number of nitrogens with zero attached hydrogens (tertiary/aromatic N) is 5. The molecule has 0 unspecified atom stereocenters. The summed E-state index contributed by atoms with van der Waals surface area (Å²) in [4.78, 5) is 14.0. The third kappa shape index (κ3) is 2.67. The van der Waals surface area contributed by atoms with Gasteiger partial charge in [-0.2, -0.15) is 4.52 Å². The van der Waals surface area contributed by atoms with Gasteiger partial charge >= 0.3 is 0 Å². The van der Waals surface area contributed by atoms with Crippen LogP contribution >= 0.6 is 23.1 Å². The van der Waals surface area contributed by atoms with E-state index in [0.717, 1.165) is 44.0 Å². The second kappa shape index (κ2) is 6.22. The fraction of sp³-hybridized carbons (Fsp3) is 0.111. The molecule has 0 spiro atoms. The van der Waals surface area contributed by atoms with Crippen LogP contribution in [0.4, 0.5) is 0 Å². The molecule has 0 saturated heterocycles. The van der Waals surface area contributed by atoms with Gasteiger partial charge in [0.05, 0.1) is 17.5 Å². The monoisotopic (exact) mass is 379 g/mol. The van der Waals surface area contributed by atoms with Crippen LogP contribution in [0.1, 0.15) is 11.5 Å². The SMILES string of the molecule is Cc1nc2c3ccccc3nc(SCc3csc(-c4ccco4)n3)n2n1. The van der Waals surface area contributed by atoms with E-state index in [0.29, 0.717) is 5.75 Å². The molecule has 4 heterocycles. The van der Waals surface area contributed by atoms with Gasteiger partial charge < -0.3 is 4.42 Å². The van der Waals surface area contributed by atoms with E-state index in [4.69, 9.17) is 9.40 Å². The van der Waals surface area contributed by atoms with Crippen LogP contribution < -0.4 is 0 Å². The number of hydrogen-bond donors (Lipinski definition) is 0. The summed E-state index contributed by atoms with van der Waals surface area (Å²) in [5.74, 6) is 2.24. The Kier molecular flexibility index (Phi) is 3.72. The minimum Gasteiger partial charge on any atom is -0.462 e. The van der Waals surface area contributed by atoms with Crippen LogP contribution in [0.5, 0.6) is 0 Å². The molecule has 0 amide bonds. The predicted octanol–water partition coefficient (Wildman–Crippen LogP) is 4.59. The molecule has 128 valence electrons. The van der Waals surface area contributed by atoms with E-state index < -0.39 is 0 Å². The number of benzene rings is 1. The highest BCUT2D eigenvalue weighted by atomic mass is 32.2. The van der Waals surface area contributed by atoms with Crippen molar-refractivity contribution in [2.24, 2.45) is 0 Å². The third-order valence-corrected chi connectivity index (χ3v) is 5.76. The van der Waals surface area contributed by atoms with Gasteiger partial charge in [-0.15, -0.1) is 16.4 Å². The van der Waals surface area contributed by atoms with Gasteiger partial charge in [-0.25, -0.2) is 15.0 Å². The standard InChI is InChI=1S/C18H13N5OS2/c1-11-19-16-13-5-2-3-6-14(13)21-18(23(16)22-11)26-10-12-9-25-17(20-12)15-7-4-8-24-15/h2-9H,10H2,1H3. The van der Waals surface area contributed by atoms with E-state index >= 15 is 0 Å². The second-order valence-electron chi connectivity index (χ2n) is 5.72. The highest BCUT2D eigenvalue weighted by Gasteiger charge is 2.13. The molecule has 0 radical (unpaired) electrons. The number of para-hydroxylation sites is 1. The van der Waals surface area contributed by atoms with E-state index in [9.17, 15) is 0 Å². The molecule has 0 aliphatic rings. The second-order valence-corrected chi connectivity index (χ2v) is 7.52. The Labute approximate surface area is 156 Å². The van der Waals surface area contributed by atoms with Gasteiger partial charge in [0.2, 0.25) is 0 Å². The van der Waals surface area contributed by atoms with E-state index in [2.05, 4.69) is 20.4 Å². The van der Waals surface area contributed by atoms with Crippen molar-refractivity contribution < 1.29 is 4.42 Å². The van der Waals surface area contributed by atoms with Crippen LogP contribution in [0.25, 0.3) is 27.3 Å². The van der Waals surface area contributed by atoms with Crippen molar-refractivity contribution >= 4 is 39.6 Å². The van der Waals surface area contributed by atoms with E-state index in [1.165, 1.54) is 0 Å². The van der Waals surface area contributed by atoms with Gasteiger partial charge in [-0.3, -0.25) is 0 Å². The summed E-state index contributed by atoms with van der Waals surface area (Å²) in [7, 11) is 0. The summed E-state index contributed by atoms with van der Waals surface area (Å²) in [5.41, 5.74) is 2.75. The van der Waals surface area contributed by atoms with Crippen molar-refractivity contribution in [3.63, 3.8) is 0 Å². The first kappa shape index (κ1) is 15.5. The number of aryl methyl sites for hydroxylation is 1. The molecule has 0 aliphatic heterocycles. The van der Waals surface area contributed by atoms with Gasteiger partial charge in [-0.05, 0) is 31.2 Å². The average molecular weight is 379 g/mol. The molecule has 8 heteroatoms. The summed E-state index contributed by atoms with van der Waals surface area (Å²) >= 11 is 3.18. The number of hydrogen-bond acceptors (Lipinski definition) is 7. The Balaban J connectivity index is 1.49. The fourth-order valence-corrected chi connectivity index (χ4v) is 4.48. The molecule has 1 aromatic carbocycles. The Bertz CT molecular complexity index is 1210. The lowest BCUT2D eigenvalue weighted by Gasteiger charge is -2.05. The maximum atomic E-state index is 5.41. The van der Waals surface area contributed by atoms with Crippen molar-refractivity contribution in [2.45, 2.75) is 17.8 Å². The van der Waals surface area contributed by atoms with Crippen molar-refractivity contribution in [3.05, 3.63) is 59.6 Å². The largest absolute Gasteiger partial charge is 0.462 e. The molecule has 5 aromatic rings. The molecule has 0 N–H and O–H groups in total. The highest BCUT2D eigenvalue weighted by Crippen LogP contribution is 2.29. The van der Waals surface area contributed by atoms with Crippen molar-refractivity contribution in [2.75, 3.05) is 0 Å². The number of thioether (sulfide) groups is 1. The molecule has 5 rings (SSSR count). The smallest absolute Gasteiger partial charge is 0.191 e. The molecule has 0 saturated carbocycles. The van der Waals surface area contributed by atoms with Crippen molar-refractivity contribution in [1.29, 1.82) is 0 Å². The Morgan fingerprint density at radius 3 is 2.92 bits per heavy atom. The van der Waals surface area contributed by atoms with E-state index in [1.807, 2.05) is 47.8 Å². The molecule has 0 bridgehead atoms. The summed E-state index contributed by atoms with van der Waals surface area (Å²) in [6, 6.07) is 11.8. The molecule has 26 heavy (non-hydrogen) atoms. The fourth-order valence-electron chi connectivity index (χ4n) is 2.75. The minimum atomic E-state index is 0.705. The van der Waals surface area contributed by atoms with Crippen LogP contribution in [-0.4, -0.2) is 24.6 Å². The van der Waals surface area contributed by atoms with Crippen molar-refractivity contribution in [3.8, 4) is 10.8 Å². The summed E-state index contributed by atoms with van der Waals surface area (Å²) < 4.78 is 7.23. The lowest BCUT2D eigenvalue weighted by Crippen LogP contribution is -1.98. The first-order chi connectivity index (χ1) is 12.8. The summed E-state index contributed by atoms with van der Waals surface area (Å²) in [6.45, 7) is 1.90. The molecule has 0 fully saturated rings. The first-order valence-electron chi connectivity index (χ1n) is 8.01. The number of thiazole rings is 1. The van der Waals surface area contributed by atoms with Crippen molar-refractivity contribution in [1.82, 2.24) is 24.6 Å². The summed E-state index contributed by atoms with van der Waals surface area (Å²) in [5, 5.41) is 9.27. The Morgan fingerprint density at radius 2 is 2.04 bits per heavy atom. The van der Waals surface area contributed by atoms with Gasteiger partial charge in [0, 0.05) is 16.5 Å². The zero-order valence-corrected chi connectivity index (χ0v) is 15.4. The van der Waals surface area contributed by atoms with Crippen LogP contribution in [0.15, 0.2) is 57.6 Å². The maximum absolute atomic E-state index is 5.41. The molecular weight excluding hydrogens is 366 g/mol. The number of aromatic nitrogens is 5. The number of fused-ring (bicyclic) bond motifs is 3. The number of furan rings is 1. The first-order valence-corrected chi connectivity index (χ1v) is 9.88. The Morgan fingerprint density at radius 1 is 1.12 bits per heavy atom. The lowest BCUT2D eigenvalue weighted by atomic mass is 10.2. The molecule has 0 aliphatic carbocycles. The van der Waals surface area contributed by atoms with Gasteiger partial charge in [0.25, 0.3) is 0 Å². The topological polar surface area (TPSA) is 69.1 Å². The van der Waals surface area contributed by atoms with E-state index in [-0.39, 0.29) is 0 Å². The average Bonchev–Trinajstić information content (AvgIpc) is 3.39. The van der Waals surface area contributed by atoms with Crippen LogP contribution in [0.3, 0.4) is 0 Å². The van der Waals surface area contributed by atoms with Crippen LogP contribution in [-0.2, 0) is 5.75 Å². The third-order valence-electron chi connectivity index (χ3n) is 3.89. The highest BCUT2D eigenvalue weighted by molar-refractivity contribution is 7.98. The predicted molar refractivity (Wildman–Crippen MR) is 102 cm³/mol. The number of rotatable bonds is 4. The Hall–Kier alpha value is -2.71. The van der Waals surface area contributed by atoms with Gasteiger partial charge in [-0.1, -0.05) is 23.9 Å². The molecule has 0 atom stereocenters. The molecular formula is C18H13N5OS2. The van der Waals surface area contributed by atoms with Crippen LogP contribution in [0.2, 0.25) is 0 Å².